The highest BCUT2D eigenvalue weighted by molar-refractivity contribution is 5.98. The lowest BCUT2D eigenvalue weighted by atomic mass is 10.1. The molecule has 6 rings (SSSR count). The van der Waals surface area contributed by atoms with Crippen molar-refractivity contribution in [2.75, 3.05) is 42.3 Å². The molecule has 8 nitrogen and oxygen atoms in total. The molecular formula is C28H26N6O2. The Hall–Kier alpha value is -4.56. The average molecular weight is 479 g/mol. The number of ether oxygens (including phenoxy) is 2. The van der Waals surface area contributed by atoms with Gasteiger partial charge in [-0.1, -0.05) is 30.3 Å². The number of hydrogen-bond acceptors (Lipinski definition) is 7. The SMILES string of the molecule is Nc1cccc(-c2c[nH]c3nc(Nc4ccc(N5CCOCC5)cc4)nc(Oc4ccccc4)c23)c1. The molecule has 0 spiro atoms. The van der Waals surface area contributed by atoms with E-state index >= 15 is 0 Å². The smallest absolute Gasteiger partial charge is 0.234 e. The van der Waals surface area contributed by atoms with Crippen molar-refractivity contribution in [3.63, 3.8) is 0 Å². The second-order valence-electron chi connectivity index (χ2n) is 8.59. The standard InChI is InChI=1S/C28H26N6O2/c29-20-6-4-5-19(17-20)24-18-30-26-25(24)27(36-23-7-2-1-3-8-23)33-28(32-26)31-21-9-11-22(12-10-21)34-13-15-35-16-14-34/h1-12,17-18H,13-16,29H2,(H2,30,31,32,33). The van der Waals surface area contributed by atoms with Gasteiger partial charge in [-0.15, -0.1) is 0 Å². The Kier molecular flexibility index (Phi) is 5.85. The van der Waals surface area contributed by atoms with Crippen LogP contribution >= 0.6 is 0 Å². The zero-order valence-electron chi connectivity index (χ0n) is 19.6. The molecule has 0 radical (unpaired) electrons. The van der Waals surface area contributed by atoms with Crippen molar-refractivity contribution < 1.29 is 9.47 Å². The molecular weight excluding hydrogens is 452 g/mol. The number of rotatable bonds is 6. The Morgan fingerprint density at radius 3 is 2.50 bits per heavy atom. The summed E-state index contributed by atoms with van der Waals surface area (Å²) < 4.78 is 11.7. The van der Waals surface area contributed by atoms with Crippen LogP contribution in [0.5, 0.6) is 11.6 Å². The molecule has 0 aliphatic carbocycles. The first-order chi connectivity index (χ1) is 17.7. The van der Waals surface area contributed by atoms with Gasteiger partial charge in [0.1, 0.15) is 11.4 Å². The summed E-state index contributed by atoms with van der Waals surface area (Å²) in [7, 11) is 0. The van der Waals surface area contributed by atoms with Crippen LogP contribution in [0.25, 0.3) is 22.2 Å². The van der Waals surface area contributed by atoms with Gasteiger partial charge >= 0.3 is 0 Å². The first-order valence-corrected chi connectivity index (χ1v) is 11.9. The first kappa shape index (κ1) is 21.9. The van der Waals surface area contributed by atoms with E-state index in [0.29, 0.717) is 28.9 Å². The van der Waals surface area contributed by atoms with Crippen LogP contribution in [0.2, 0.25) is 0 Å². The van der Waals surface area contributed by atoms with Crippen LogP contribution in [-0.2, 0) is 4.74 Å². The van der Waals surface area contributed by atoms with Gasteiger partial charge in [-0.2, -0.15) is 9.97 Å². The Balaban J connectivity index is 1.36. The van der Waals surface area contributed by atoms with Crippen molar-refractivity contribution in [1.29, 1.82) is 0 Å². The second-order valence-corrected chi connectivity index (χ2v) is 8.59. The van der Waals surface area contributed by atoms with Crippen molar-refractivity contribution in [2.24, 2.45) is 0 Å². The quantitative estimate of drug-likeness (QED) is 0.274. The molecule has 3 aromatic carbocycles. The first-order valence-electron chi connectivity index (χ1n) is 11.9. The van der Waals surface area contributed by atoms with Crippen molar-refractivity contribution in [2.45, 2.75) is 0 Å². The maximum absolute atomic E-state index is 6.26. The summed E-state index contributed by atoms with van der Waals surface area (Å²) in [6.45, 7) is 3.31. The number of nitrogens with two attached hydrogens (primary N) is 1. The van der Waals surface area contributed by atoms with Crippen LogP contribution < -0.4 is 20.7 Å². The summed E-state index contributed by atoms with van der Waals surface area (Å²) in [4.78, 5) is 15.1. The summed E-state index contributed by atoms with van der Waals surface area (Å²) in [6.07, 6.45) is 1.91. The number of aromatic nitrogens is 3. The highest BCUT2D eigenvalue weighted by Crippen LogP contribution is 2.37. The molecule has 0 unspecified atom stereocenters. The summed E-state index contributed by atoms with van der Waals surface area (Å²) in [5, 5.41) is 4.11. The van der Waals surface area contributed by atoms with Crippen molar-refractivity contribution in [3.8, 4) is 22.8 Å². The predicted molar refractivity (Wildman–Crippen MR) is 143 cm³/mol. The van der Waals surface area contributed by atoms with Gasteiger partial charge in [-0.3, -0.25) is 0 Å². The van der Waals surface area contributed by atoms with E-state index in [1.165, 1.54) is 5.69 Å². The Morgan fingerprint density at radius 2 is 1.72 bits per heavy atom. The van der Waals surface area contributed by atoms with Crippen LogP contribution in [0.4, 0.5) is 23.0 Å². The number of nitrogen functional groups attached to an aromatic ring is 1. The molecule has 4 N–H and O–H groups in total. The molecule has 2 aromatic heterocycles. The van der Waals surface area contributed by atoms with Gasteiger partial charge in [0.05, 0.1) is 18.6 Å². The minimum absolute atomic E-state index is 0.438. The van der Waals surface area contributed by atoms with E-state index in [-0.39, 0.29) is 0 Å². The molecule has 8 heteroatoms. The second kappa shape index (κ2) is 9.59. The Morgan fingerprint density at radius 1 is 0.917 bits per heavy atom. The topological polar surface area (TPSA) is 101 Å². The van der Waals surface area contributed by atoms with Gasteiger partial charge in [0.2, 0.25) is 11.8 Å². The van der Waals surface area contributed by atoms with E-state index in [0.717, 1.165) is 48.5 Å². The molecule has 0 saturated carbocycles. The van der Waals surface area contributed by atoms with Gasteiger partial charge in [0, 0.05) is 41.9 Å². The number of aromatic amines is 1. The van der Waals surface area contributed by atoms with E-state index in [1.807, 2.05) is 72.9 Å². The third kappa shape index (κ3) is 4.54. The lowest BCUT2D eigenvalue weighted by Gasteiger charge is -2.28. The fourth-order valence-electron chi connectivity index (χ4n) is 4.37. The fraction of sp³-hybridized carbons (Fsp3) is 0.143. The number of H-pyrrole nitrogens is 1. The Bertz CT molecular complexity index is 1480. The number of para-hydroxylation sites is 1. The maximum atomic E-state index is 6.26. The van der Waals surface area contributed by atoms with E-state index in [4.69, 9.17) is 25.2 Å². The maximum Gasteiger partial charge on any atom is 0.234 e. The fourth-order valence-corrected chi connectivity index (χ4v) is 4.37. The zero-order valence-corrected chi connectivity index (χ0v) is 19.6. The van der Waals surface area contributed by atoms with E-state index in [9.17, 15) is 0 Å². The number of benzene rings is 3. The third-order valence-electron chi connectivity index (χ3n) is 6.15. The molecule has 1 fully saturated rings. The van der Waals surface area contributed by atoms with Crippen molar-refractivity contribution in [3.05, 3.63) is 85.1 Å². The highest BCUT2D eigenvalue weighted by Gasteiger charge is 2.18. The van der Waals surface area contributed by atoms with Crippen molar-refractivity contribution in [1.82, 2.24) is 15.0 Å². The van der Waals surface area contributed by atoms with Crippen LogP contribution in [0.15, 0.2) is 85.1 Å². The lowest BCUT2D eigenvalue weighted by molar-refractivity contribution is 0.122. The van der Waals surface area contributed by atoms with Gasteiger partial charge < -0.3 is 30.4 Å². The van der Waals surface area contributed by atoms with Crippen molar-refractivity contribution >= 4 is 34.0 Å². The molecule has 1 aliphatic heterocycles. The molecule has 1 saturated heterocycles. The monoisotopic (exact) mass is 478 g/mol. The normalized spacial score (nSPS) is 13.6. The van der Waals surface area contributed by atoms with Crippen LogP contribution in [0, 0.1) is 0 Å². The molecule has 0 amide bonds. The Labute approximate surface area is 208 Å². The average Bonchev–Trinajstić information content (AvgIpc) is 3.35. The highest BCUT2D eigenvalue weighted by atomic mass is 16.5. The number of hydrogen-bond donors (Lipinski definition) is 3. The molecule has 5 aromatic rings. The van der Waals surface area contributed by atoms with E-state index in [2.05, 4.69) is 27.3 Å². The van der Waals surface area contributed by atoms with Crippen LogP contribution in [0.3, 0.4) is 0 Å². The third-order valence-corrected chi connectivity index (χ3v) is 6.15. The minimum atomic E-state index is 0.438. The molecule has 180 valence electrons. The number of morpholine rings is 1. The lowest BCUT2D eigenvalue weighted by Crippen LogP contribution is -2.36. The summed E-state index contributed by atoms with van der Waals surface area (Å²) in [5.74, 6) is 1.59. The zero-order chi connectivity index (χ0) is 24.3. The van der Waals surface area contributed by atoms with Crippen LogP contribution in [-0.4, -0.2) is 41.3 Å². The van der Waals surface area contributed by atoms with E-state index in [1.54, 1.807) is 0 Å². The number of fused-ring (bicyclic) bond motifs is 1. The van der Waals surface area contributed by atoms with Gasteiger partial charge in [-0.05, 0) is 54.1 Å². The molecule has 36 heavy (non-hydrogen) atoms. The molecule has 0 atom stereocenters. The van der Waals surface area contributed by atoms with Gasteiger partial charge in [0.15, 0.2) is 0 Å². The summed E-state index contributed by atoms with van der Waals surface area (Å²) in [5.41, 5.74) is 11.3. The number of anilines is 4. The van der Waals surface area contributed by atoms with Crippen LogP contribution in [0.1, 0.15) is 0 Å². The minimum Gasteiger partial charge on any atom is -0.438 e. The van der Waals surface area contributed by atoms with Gasteiger partial charge in [-0.25, -0.2) is 0 Å². The molecule has 1 aliphatic rings. The number of nitrogens with zero attached hydrogens (tertiary/aromatic N) is 3. The van der Waals surface area contributed by atoms with E-state index < -0.39 is 0 Å². The molecule has 0 bridgehead atoms. The summed E-state index contributed by atoms with van der Waals surface area (Å²) >= 11 is 0. The van der Waals surface area contributed by atoms with Gasteiger partial charge in [0.25, 0.3) is 0 Å². The molecule has 3 heterocycles. The summed E-state index contributed by atoms with van der Waals surface area (Å²) in [6, 6.07) is 25.6. The predicted octanol–water partition coefficient (Wildman–Crippen LogP) is 5.58. The largest absolute Gasteiger partial charge is 0.438 e. The number of nitrogens with one attached hydrogen (secondary N) is 2.